The van der Waals surface area contributed by atoms with E-state index in [1.807, 2.05) is 13.8 Å². The van der Waals surface area contributed by atoms with Crippen molar-refractivity contribution in [3.05, 3.63) is 28.7 Å². The van der Waals surface area contributed by atoms with E-state index in [1.165, 1.54) is 17.7 Å². The van der Waals surface area contributed by atoms with E-state index in [-0.39, 0.29) is 11.7 Å². The van der Waals surface area contributed by atoms with Crippen LogP contribution in [0.25, 0.3) is 11.1 Å². The third-order valence-electron chi connectivity index (χ3n) is 3.50. The Morgan fingerprint density at radius 1 is 1.36 bits per heavy atom. The lowest BCUT2D eigenvalue weighted by molar-refractivity contribution is 0.0829. The number of oxazole rings is 1. The van der Waals surface area contributed by atoms with Crippen molar-refractivity contribution in [1.82, 2.24) is 4.57 Å². The van der Waals surface area contributed by atoms with Crippen molar-refractivity contribution in [2.75, 3.05) is 17.6 Å². The maximum absolute atomic E-state index is 12.2. The highest BCUT2D eigenvalue weighted by atomic mass is 32.2. The minimum atomic E-state index is -3.56. The highest BCUT2D eigenvalue weighted by molar-refractivity contribution is 7.92. The molecule has 1 N–H and O–H groups in total. The minimum absolute atomic E-state index is 0.0798. The molecule has 0 spiro atoms. The van der Waals surface area contributed by atoms with Gasteiger partial charge in [0.1, 0.15) is 0 Å². The molecule has 0 bridgehead atoms. The standard InChI is InChI=1S/C14H20N2O5S/c1-9(2)13(20-4)8-22(18,19)15-10-5-6-11-12(7-10)21-14(17)16(11)3/h5-7,9,13,15H,8H2,1-4H3. The Hall–Kier alpha value is -1.80. The van der Waals surface area contributed by atoms with Crippen LogP contribution in [0.2, 0.25) is 0 Å². The lowest BCUT2D eigenvalue weighted by Crippen LogP contribution is -2.31. The predicted octanol–water partition coefficient (Wildman–Crippen LogP) is 1.54. The topological polar surface area (TPSA) is 90.5 Å². The molecule has 1 heterocycles. The molecule has 0 saturated heterocycles. The van der Waals surface area contributed by atoms with Crippen LogP contribution in [0.3, 0.4) is 0 Å². The normalized spacial score (nSPS) is 13.7. The molecule has 2 rings (SSSR count). The molecule has 8 heteroatoms. The number of rotatable bonds is 6. The molecule has 1 unspecified atom stereocenters. The summed E-state index contributed by atoms with van der Waals surface area (Å²) in [7, 11) is -0.486. The molecular formula is C14H20N2O5S. The fourth-order valence-corrected chi connectivity index (χ4v) is 3.69. The van der Waals surface area contributed by atoms with Gasteiger partial charge in [0.15, 0.2) is 5.58 Å². The highest BCUT2D eigenvalue weighted by Crippen LogP contribution is 2.19. The summed E-state index contributed by atoms with van der Waals surface area (Å²) in [5, 5.41) is 0. The first-order valence-electron chi connectivity index (χ1n) is 6.86. The molecule has 122 valence electrons. The Bertz CT molecular complexity index is 819. The Labute approximate surface area is 128 Å². The second-order valence-corrected chi connectivity index (χ2v) is 7.28. The fourth-order valence-electron chi connectivity index (χ4n) is 2.17. The summed E-state index contributed by atoms with van der Waals surface area (Å²) in [6.07, 6.45) is -0.393. The van der Waals surface area contributed by atoms with E-state index in [0.717, 1.165) is 0 Å². The van der Waals surface area contributed by atoms with Gasteiger partial charge in [-0.2, -0.15) is 0 Å². The van der Waals surface area contributed by atoms with Crippen LogP contribution in [0.1, 0.15) is 13.8 Å². The Morgan fingerprint density at radius 2 is 2.05 bits per heavy atom. The molecule has 1 aromatic heterocycles. The van der Waals surface area contributed by atoms with Crippen LogP contribution in [-0.4, -0.2) is 32.0 Å². The highest BCUT2D eigenvalue weighted by Gasteiger charge is 2.22. The first kappa shape index (κ1) is 16.6. The van der Waals surface area contributed by atoms with Gasteiger partial charge in [-0.3, -0.25) is 9.29 Å². The number of benzene rings is 1. The van der Waals surface area contributed by atoms with Crippen LogP contribution in [0, 0.1) is 5.92 Å². The molecule has 0 aliphatic heterocycles. The van der Waals surface area contributed by atoms with Crippen LogP contribution >= 0.6 is 0 Å². The van der Waals surface area contributed by atoms with E-state index < -0.39 is 21.9 Å². The monoisotopic (exact) mass is 328 g/mol. The molecule has 0 radical (unpaired) electrons. The van der Waals surface area contributed by atoms with Gasteiger partial charge in [-0.25, -0.2) is 13.2 Å². The summed E-state index contributed by atoms with van der Waals surface area (Å²) in [5.74, 6) is -0.553. The third kappa shape index (κ3) is 3.50. The number of ether oxygens (including phenoxy) is 1. The van der Waals surface area contributed by atoms with E-state index in [1.54, 1.807) is 19.2 Å². The number of sulfonamides is 1. The van der Waals surface area contributed by atoms with Gasteiger partial charge in [-0.05, 0) is 18.1 Å². The van der Waals surface area contributed by atoms with E-state index in [0.29, 0.717) is 16.8 Å². The number of fused-ring (bicyclic) bond motifs is 1. The number of anilines is 1. The van der Waals surface area contributed by atoms with Gasteiger partial charge in [-0.15, -0.1) is 0 Å². The minimum Gasteiger partial charge on any atom is -0.408 e. The Morgan fingerprint density at radius 3 is 2.64 bits per heavy atom. The van der Waals surface area contributed by atoms with E-state index in [4.69, 9.17) is 9.15 Å². The number of aryl methyl sites for hydroxylation is 1. The fraction of sp³-hybridized carbons (Fsp3) is 0.500. The maximum atomic E-state index is 12.2. The summed E-state index contributed by atoms with van der Waals surface area (Å²) in [4.78, 5) is 11.4. The molecule has 0 aliphatic rings. The van der Waals surface area contributed by atoms with Crippen molar-refractivity contribution in [2.45, 2.75) is 20.0 Å². The third-order valence-corrected chi connectivity index (χ3v) is 4.81. The van der Waals surface area contributed by atoms with Gasteiger partial charge in [0.25, 0.3) is 0 Å². The van der Waals surface area contributed by atoms with E-state index >= 15 is 0 Å². The summed E-state index contributed by atoms with van der Waals surface area (Å²) in [5.41, 5.74) is 1.28. The lowest BCUT2D eigenvalue weighted by Gasteiger charge is -2.19. The van der Waals surface area contributed by atoms with Crippen molar-refractivity contribution in [3.63, 3.8) is 0 Å². The number of nitrogens with zero attached hydrogens (tertiary/aromatic N) is 1. The molecule has 7 nitrogen and oxygen atoms in total. The molecule has 22 heavy (non-hydrogen) atoms. The summed E-state index contributed by atoms with van der Waals surface area (Å²) >= 11 is 0. The number of aromatic nitrogens is 1. The maximum Gasteiger partial charge on any atom is 0.419 e. The smallest absolute Gasteiger partial charge is 0.408 e. The van der Waals surface area contributed by atoms with Crippen molar-refractivity contribution < 1.29 is 17.6 Å². The van der Waals surface area contributed by atoms with Gasteiger partial charge < -0.3 is 9.15 Å². The number of hydrogen-bond donors (Lipinski definition) is 1. The van der Waals surface area contributed by atoms with Crippen LogP contribution in [0.4, 0.5) is 5.69 Å². The largest absolute Gasteiger partial charge is 0.419 e. The molecule has 0 saturated carbocycles. The van der Waals surface area contributed by atoms with Gasteiger partial charge in [0.05, 0.1) is 23.1 Å². The van der Waals surface area contributed by atoms with Crippen LogP contribution < -0.4 is 10.5 Å². The number of methoxy groups -OCH3 is 1. The SMILES string of the molecule is COC(CS(=O)(=O)Nc1ccc2c(c1)oc(=O)n2C)C(C)C. The van der Waals surface area contributed by atoms with Gasteiger partial charge in [0.2, 0.25) is 10.0 Å². The van der Waals surface area contributed by atoms with Crippen molar-refractivity contribution in [2.24, 2.45) is 13.0 Å². The second-order valence-electron chi connectivity index (χ2n) is 5.51. The summed E-state index contributed by atoms with van der Waals surface area (Å²) in [6, 6.07) is 4.71. The summed E-state index contributed by atoms with van der Waals surface area (Å²) in [6.45, 7) is 3.79. The Balaban J connectivity index is 2.24. The summed E-state index contributed by atoms with van der Waals surface area (Å²) < 4.78 is 38.5. The zero-order chi connectivity index (χ0) is 16.5. The molecule has 0 aliphatic carbocycles. The first-order chi connectivity index (χ1) is 10.2. The van der Waals surface area contributed by atoms with Crippen LogP contribution in [-0.2, 0) is 21.8 Å². The van der Waals surface area contributed by atoms with Crippen molar-refractivity contribution in [3.8, 4) is 0 Å². The molecule has 0 amide bonds. The first-order valence-corrected chi connectivity index (χ1v) is 8.51. The zero-order valence-electron chi connectivity index (χ0n) is 13.0. The Kier molecular flexibility index (Phi) is 4.62. The molecule has 1 aromatic carbocycles. The van der Waals surface area contributed by atoms with Gasteiger partial charge >= 0.3 is 5.76 Å². The lowest BCUT2D eigenvalue weighted by atomic mass is 10.1. The zero-order valence-corrected chi connectivity index (χ0v) is 13.8. The van der Waals surface area contributed by atoms with Crippen LogP contribution in [0.15, 0.2) is 27.4 Å². The average molecular weight is 328 g/mol. The predicted molar refractivity (Wildman–Crippen MR) is 84.5 cm³/mol. The molecule has 2 aromatic rings. The van der Waals surface area contributed by atoms with Gasteiger partial charge in [-0.1, -0.05) is 13.8 Å². The number of hydrogen-bond acceptors (Lipinski definition) is 5. The van der Waals surface area contributed by atoms with Crippen molar-refractivity contribution in [1.29, 1.82) is 0 Å². The quantitative estimate of drug-likeness (QED) is 0.868. The van der Waals surface area contributed by atoms with E-state index in [9.17, 15) is 13.2 Å². The second kappa shape index (κ2) is 6.13. The van der Waals surface area contributed by atoms with Crippen molar-refractivity contribution >= 4 is 26.8 Å². The number of nitrogens with one attached hydrogen (secondary N) is 1. The van der Waals surface area contributed by atoms with Gasteiger partial charge in [0, 0.05) is 20.2 Å². The van der Waals surface area contributed by atoms with Crippen LogP contribution in [0.5, 0.6) is 0 Å². The van der Waals surface area contributed by atoms with E-state index in [2.05, 4.69) is 4.72 Å². The molecule has 0 fully saturated rings. The average Bonchev–Trinajstić information content (AvgIpc) is 2.70. The molecular weight excluding hydrogens is 308 g/mol. The molecule has 1 atom stereocenters.